The zero-order valence-corrected chi connectivity index (χ0v) is 19.5. The molecule has 164 valence electrons. The molecule has 0 amide bonds. The van der Waals surface area contributed by atoms with Gasteiger partial charge in [0.2, 0.25) is 0 Å². The summed E-state index contributed by atoms with van der Waals surface area (Å²) in [6, 6.07) is 8.78. The van der Waals surface area contributed by atoms with Crippen LogP contribution >= 0.6 is 0 Å². The Hall–Kier alpha value is -2.34. The van der Waals surface area contributed by atoms with E-state index in [0.29, 0.717) is 11.3 Å². The van der Waals surface area contributed by atoms with Gasteiger partial charge in [-0.25, -0.2) is 13.2 Å². The number of carbonyl (C=O) groups is 1. The number of hydrogen-bond donors (Lipinski definition) is 1. The molecule has 30 heavy (non-hydrogen) atoms. The number of sulfone groups is 1. The molecule has 0 atom stereocenters. The van der Waals surface area contributed by atoms with Gasteiger partial charge in [0.05, 0.1) is 10.5 Å². The maximum Gasteiger partial charge on any atom is 0.335 e. The summed E-state index contributed by atoms with van der Waals surface area (Å²) >= 11 is 0. The highest BCUT2D eigenvalue weighted by Crippen LogP contribution is 2.40. The molecule has 0 radical (unpaired) electrons. The molecule has 6 heteroatoms. The number of benzene rings is 2. The van der Waals surface area contributed by atoms with Crippen molar-refractivity contribution < 1.29 is 18.3 Å². The van der Waals surface area contributed by atoms with Crippen LogP contribution in [0.5, 0.6) is 0 Å². The number of unbranched alkanes of at least 4 members (excludes halogenated alkanes) is 2. The second-order valence-electron chi connectivity index (χ2n) is 7.89. The Morgan fingerprint density at radius 2 is 1.63 bits per heavy atom. The van der Waals surface area contributed by atoms with Gasteiger partial charge >= 0.3 is 5.97 Å². The minimum Gasteiger partial charge on any atom is -0.478 e. The largest absolute Gasteiger partial charge is 0.478 e. The highest BCUT2D eigenvalue weighted by molar-refractivity contribution is 7.90. The van der Waals surface area contributed by atoms with Crippen LogP contribution in [-0.2, 0) is 9.84 Å². The van der Waals surface area contributed by atoms with Crippen molar-refractivity contribution in [2.45, 2.75) is 58.3 Å². The van der Waals surface area contributed by atoms with Crippen LogP contribution in [0.4, 0.5) is 5.69 Å². The average Bonchev–Trinajstić information content (AvgIpc) is 2.68. The number of anilines is 1. The lowest BCUT2D eigenvalue weighted by atomic mass is 9.94. The summed E-state index contributed by atoms with van der Waals surface area (Å²) in [5.74, 6) is -1.13. The van der Waals surface area contributed by atoms with Gasteiger partial charge in [-0.15, -0.1) is 0 Å². The summed E-state index contributed by atoms with van der Waals surface area (Å²) in [6.07, 6.45) is 5.04. The Kier molecular flexibility index (Phi) is 8.07. The first-order valence-electron chi connectivity index (χ1n) is 10.5. The zero-order valence-electron chi connectivity index (χ0n) is 18.7. The van der Waals surface area contributed by atoms with Gasteiger partial charge in [0, 0.05) is 30.6 Å². The first-order chi connectivity index (χ1) is 14.1. The van der Waals surface area contributed by atoms with E-state index in [1.54, 1.807) is 6.07 Å². The summed E-state index contributed by atoms with van der Waals surface area (Å²) < 4.78 is 25.6. The number of rotatable bonds is 10. The molecule has 0 spiro atoms. The van der Waals surface area contributed by atoms with Crippen LogP contribution in [0, 0.1) is 13.8 Å². The quantitative estimate of drug-likeness (QED) is 0.539. The second-order valence-corrected chi connectivity index (χ2v) is 9.87. The zero-order chi connectivity index (χ0) is 22.5. The lowest BCUT2D eigenvalue weighted by molar-refractivity contribution is 0.0696. The summed E-state index contributed by atoms with van der Waals surface area (Å²) in [7, 11) is -3.65. The number of aryl methyl sites for hydroxylation is 1. The lowest BCUT2D eigenvalue weighted by Crippen LogP contribution is -2.27. The van der Waals surface area contributed by atoms with Crippen LogP contribution in [0.15, 0.2) is 35.2 Å². The van der Waals surface area contributed by atoms with E-state index in [1.807, 2.05) is 32.0 Å². The van der Waals surface area contributed by atoms with Crippen LogP contribution in [-0.4, -0.2) is 38.8 Å². The van der Waals surface area contributed by atoms with E-state index >= 15 is 0 Å². The molecule has 0 saturated carbocycles. The molecule has 0 aliphatic carbocycles. The molecular weight excluding hydrogens is 398 g/mol. The van der Waals surface area contributed by atoms with E-state index in [2.05, 4.69) is 18.7 Å². The van der Waals surface area contributed by atoms with E-state index in [-0.39, 0.29) is 10.5 Å². The van der Waals surface area contributed by atoms with Crippen molar-refractivity contribution >= 4 is 21.5 Å². The van der Waals surface area contributed by atoms with Gasteiger partial charge in [-0.2, -0.15) is 0 Å². The van der Waals surface area contributed by atoms with Crippen molar-refractivity contribution in [2.24, 2.45) is 0 Å². The summed E-state index contributed by atoms with van der Waals surface area (Å²) in [6.45, 7) is 9.70. The predicted octanol–water partition coefficient (Wildman–Crippen LogP) is 5.48. The fourth-order valence-corrected chi connectivity index (χ4v) is 4.54. The van der Waals surface area contributed by atoms with E-state index in [9.17, 15) is 18.3 Å². The molecular formula is C24H33NO4S. The minimum atomic E-state index is -3.65. The molecule has 0 aliphatic rings. The van der Waals surface area contributed by atoms with E-state index in [1.165, 1.54) is 6.07 Å². The van der Waals surface area contributed by atoms with Gasteiger partial charge in [-0.1, -0.05) is 44.9 Å². The standard InChI is InChI=1S/C24H33NO4S/c1-6-8-13-25(14-9-7-2)21-15-19(24(26)27)16-22(30(5,28)29)23(21)20-12-10-11-17(3)18(20)4/h10-12,15-16H,6-9,13-14H2,1-5H3,(H,26,27). The number of carboxylic acids is 1. The summed E-state index contributed by atoms with van der Waals surface area (Å²) in [5, 5.41) is 9.68. The fourth-order valence-electron chi connectivity index (χ4n) is 3.61. The van der Waals surface area contributed by atoms with Crippen molar-refractivity contribution in [3.8, 4) is 11.1 Å². The normalized spacial score (nSPS) is 11.5. The van der Waals surface area contributed by atoms with Crippen molar-refractivity contribution in [3.05, 3.63) is 47.0 Å². The highest BCUT2D eigenvalue weighted by Gasteiger charge is 2.25. The highest BCUT2D eigenvalue weighted by atomic mass is 32.2. The molecule has 1 N–H and O–H groups in total. The van der Waals surface area contributed by atoms with Crippen molar-refractivity contribution in [1.82, 2.24) is 0 Å². The maximum absolute atomic E-state index is 12.8. The molecule has 2 rings (SSSR count). The van der Waals surface area contributed by atoms with Crippen LogP contribution in [0.3, 0.4) is 0 Å². The Morgan fingerprint density at radius 3 is 2.13 bits per heavy atom. The Balaban J connectivity index is 2.93. The third kappa shape index (κ3) is 5.42. The third-order valence-electron chi connectivity index (χ3n) is 5.51. The van der Waals surface area contributed by atoms with E-state index < -0.39 is 15.8 Å². The van der Waals surface area contributed by atoms with Gasteiger partial charge in [0.15, 0.2) is 9.84 Å². The minimum absolute atomic E-state index is 0.00234. The van der Waals surface area contributed by atoms with Crippen LogP contribution < -0.4 is 4.90 Å². The smallest absolute Gasteiger partial charge is 0.335 e. The predicted molar refractivity (Wildman–Crippen MR) is 123 cm³/mol. The van der Waals surface area contributed by atoms with Crippen LogP contribution in [0.2, 0.25) is 0 Å². The molecule has 0 fully saturated rings. The third-order valence-corrected chi connectivity index (χ3v) is 6.63. The van der Waals surface area contributed by atoms with E-state index in [4.69, 9.17) is 0 Å². The molecule has 0 aromatic heterocycles. The molecule has 0 saturated heterocycles. The monoisotopic (exact) mass is 431 g/mol. The molecule has 0 heterocycles. The van der Waals surface area contributed by atoms with Gasteiger partial charge < -0.3 is 10.0 Å². The fraction of sp³-hybridized carbons (Fsp3) is 0.458. The first kappa shape index (κ1) is 23.9. The summed E-state index contributed by atoms with van der Waals surface area (Å²) in [4.78, 5) is 14.1. The number of nitrogens with zero attached hydrogens (tertiary/aromatic N) is 1. The molecule has 2 aromatic rings. The second kappa shape index (κ2) is 10.1. The first-order valence-corrected chi connectivity index (χ1v) is 12.4. The average molecular weight is 432 g/mol. The molecule has 0 unspecified atom stereocenters. The van der Waals surface area contributed by atoms with Crippen molar-refractivity contribution in [1.29, 1.82) is 0 Å². The van der Waals surface area contributed by atoms with Gasteiger partial charge in [0.1, 0.15) is 0 Å². The lowest BCUT2D eigenvalue weighted by Gasteiger charge is -2.29. The Bertz CT molecular complexity index is 1000. The molecule has 5 nitrogen and oxygen atoms in total. The van der Waals surface area contributed by atoms with Gasteiger partial charge in [-0.05, 0) is 55.5 Å². The SMILES string of the molecule is CCCCN(CCCC)c1cc(C(=O)O)cc(S(C)(=O)=O)c1-c1cccc(C)c1C. The van der Waals surface area contributed by atoms with Crippen LogP contribution in [0.1, 0.15) is 61.0 Å². The number of hydrogen-bond acceptors (Lipinski definition) is 4. The Labute approximate surface area is 180 Å². The number of aromatic carboxylic acids is 1. The van der Waals surface area contributed by atoms with Crippen LogP contribution in [0.25, 0.3) is 11.1 Å². The molecule has 0 bridgehead atoms. The van der Waals surface area contributed by atoms with Gasteiger partial charge in [0.25, 0.3) is 0 Å². The maximum atomic E-state index is 12.8. The molecule has 0 aliphatic heterocycles. The van der Waals surface area contributed by atoms with Crippen molar-refractivity contribution in [2.75, 3.05) is 24.2 Å². The number of carboxylic acid groups (broad SMARTS) is 1. The van der Waals surface area contributed by atoms with Gasteiger partial charge in [-0.3, -0.25) is 0 Å². The summed E-state index contributed by atoms with van der Waals surface area (Å²) in [5.41, 5.74) is 4.19. The molecule has 2 aromatic carbocycles. The Morgan fingerprint density at radius 1 is 1.03 bits per heavy atom. The topological polar surface area (TPSA) is 74.7 Å². The van der Waals surface area contributed by atoms with Crippen molar-refractivity contribution in [3.63, 3.8) is 0 Å². The van der Waals surface area contributed by atoms with E-state index in [0.717, 1.165) is 61.7 Å².